The lowest BCUT2D eigenvalue weighted by Gasteiger charge is -2.36. The number of cyclic esters (lactones) is 2. The number of halogens is 1. The number of hydrogen-bond acceptors (Lipinski definition) is 5. The van der Waals surface area contributed by atoms with Crippen molar-refractivity contribution < 1.29 is 23.8 Å². The van der Waals surface area contributed by atoms with Crippen LogP contribution in [-0.2, 0) is 25.7 Å². The topological polar surface area (TPSA) is 61.8 Å². The molecule has 0 N–H and O–H groups in total. The number of carbonyl (C=O) groups is 2. The maximum Gasteiger partial charge on any atom is 0.324 e. The molecule has 5 nitrogen and oxygen atoms in total. The summed E-state index contributed by atoms with van der Waals surface area (Å²) in [7, 11) is 0. The van der Waals surface area contributed by atoms with E-state index in [0.717, 1.165) is 11.1 Å². The van der Waals surface area contributed by atoms with Gasteiger partial charge in [-0.2, -0.15) is 0 Å². The van der Waals surface area contributed by atoms with Crippen LogP contribution in [0.1, 0.15) is 36.5 Å². The first-order valence-electron chi connectivity index (χ1n) is 10.3. The van der Waals surface area contributed by atoms with Crippen LogP contribution in [0.15, 0.2) is 78.9 Å². The minimum absolute atomic E-state index is 0.345. The van der Waals surface area contributed by atoms with E-state index in [1.807, 2.05) is 54.6 Å². The summed E-state index contributed by atoms with van der Waals surface area (Å²) in [6.07, 6.45) is 0. The van der Waals surface area contributed by atoms with Crippen LogP contribution in [-0.4, -0.2) is 17.7 Å². The van der Waals surface area contributed by atoms with Gasteiger partial charge in [0.25, 0.3) is 5.79 Å². The Hall–Kier alpha value is -3.31. The maximum absolute atomic E-state index is 13.0. The van der Waals surface area contributed by atoms with Gasteiger partial charge in [-0.15, -0.1) is 0 Å². The number of benzene rings is 3. The Kier molecular flexibility index (Phi) is 6.19. The third kappa shape index (κ3) is 4.78. The number of rotatable bonds is 6. The molecular weight excluding hydrogens is 428 g/mol. The van der Waals surface area contributed by atoms with Crippen molar-refractivity contribution in [3.63, 3.8) is 0 Å². The SMILES string of the molecule is CC1(C)OC(=O)C([C@H](c2ccc(Cl)cc2)c2ccccc2OCc2ccccc2)C(=O)O1. The van der Waals surface area contributed by atoms with E-state index in [0.29, 0.717) is 22.9 Å². The summed E-state index contributed by atoms with van der Waals surface area (Å²) in [6.45, 7) is 3.41. The molecule has 1 saturated heterocycles. The van der Waals surface area contributed by atoms with Gasteiger partial charge in [0, 0.05) is 30.4 Å². The second-order valence-electron chi connectivity index (χ2n) is 8.06. The first-order chi connectivity index (χ1) is 15.3. The molecule has 6 heteroatoms. The Labute approximate surface area is 191 Å². The van der Waals surface area contributed by atoms with Crippen LogP contribution in [0.5, 0.6) is 5.75 Å². The van der Waals surface area contributed by atoms with Gasteiger partial charge < -0.3 is 14.2 Å². The van der Waals surface area contributed by atoms with E-state index in [-0.39, 0.29) is 0 Å². The van der Waals surface area contributed by atoms with Gasteiger partial charge in [-0.05, 0) is 29.3 Å². The summed E-state index contributed by atoms with van der Waals surface area (Å²) < 4.78 is 17.0. The summed E-state index contributed by atoms with van der Waals surface area (Å²) in [4.78, 5) is 26.0. The minimum Gasteiger partial charge on any atom is -0.489 e. The zero-order valence-corrected chi connectivity index (χ0v) is 18.5. The molecule has 164 valence electrons. The van der Waals surface area contributed by atoms with E-state index in [2.05, 4.69) is 0 Å². The molecule has 0 amide bonds. The second kappa shape index (κ2) is 9.05. The Bertz CT molecular complexity index is 1090. The molecule has 1 aliphatic heterocycles. The van der Waals surface area contributed by atoms with Gasteiger partial charge >= 0.3 is 11.9 Å². The van der Waals surface area contributed by atoms with E-state index in [1.54, 1.807) is 24.3 Å². The van der Waals surface area contributed by atoms with Crippen molar-refractivity contribution in [2.24, 2.45) is 5.92 Å². The molecular formula is C26H23ClO5. The summed E-state index contributed by atoms with van der Waals surface area (Å²) in [5.41, 5.74) is 2.41. The fraction of sp³-hybridized carbons (Fsp3) is 0.231. The number of carbonyl (C=O) groups excluding carboxylic acids is 2. The van der Waals surface area contributed by atoms with Gasteiger partial charge in [-0.1, -0.05) is 72.3 Å². The van der Waals surface area contributed by atoms with E-state index < -0.39 is 29.6 Å². The van der Waals surface area contributed by atoms with Crippen molar-refractivity contribution in [1.82, 2.24) is 0 Å². The summed E-state index contributed by atoms with van der Waals surface area (Å²) >= 11 is 6.08. The average molecular weight is 451 g/mol. The van der Waals surface area contributed by atoms with E-state index in [4.69, 9.17) is 25.8 Å². The van der Waals surface area contributed by atoms with Crippen LogP contribution >= 0.6 is 11.6 Å². The van der Waals surface area contributed by atoms with Crippen molar-refractivity contribution in [2.45, 2.75) is 32.2 Å². The fourth-order valence-corrected chi connectivity index (χ4v) is 3.95. The molecule has 0 radical (unpaired) electrons. The number of ether oxygens (including phenoxy) is 3. The van der Waals surface area contributed by atoms with Crippen LogP contribution in [0.4, 0.5) is 0 Å². The smallest absolute Gasteiger partial charge is 0.324 e. The van der Waals surface area contributed by atoms with Crippen LogP contribution in [0.25, 0.3) is 0 Å². The number of para-hydroxylation sites is 1. The van der Waals surface area contributed by atoms with Gasteiger partial charge in [0.05, 0.1) is 0 Å². The highest BCUT2D eigenvalue weighted by Crippen LogP contribution is 2.41. The van der Waals surface area contributed by atoms with Gasteiger partial charge in [-0.25, -0.2) is 0 Å². The highest BCUT2D eigenvalue weighted by molar-refractivity contribution is 6.30. The summed E-state index contributed by atoms with van der Waals surface area (Å²) in [6, 6.07) is 24.2. The molecule has 0 bridgehead atoms. The monoisotopic (exact) mass is 450 g/mol. The lowest BCUT2D eigenvalue weighted by Crippen LogP contribution is -2.48. The molecule has 1 fully saturated rings. The molecule has 0 aliphatic carbocycles. The molecule has 32 heavy (non-hydrogen) atoms. The molecule has 1 aliphatic rings. The highest BCUT2D eigenvalue weighted by atomic mass is 35.5. The molecule has 1 heterocycles. The standard InChI is InChI=1S/C26H23ClO5/c1-26(2)31-24(28)23(25(29)32-26)22(18-12-14-19(27)15-13-18)20-10-6-7-11-21(20)30-16-17-8-4-3-5-9-17/h3-15,22-23H,16H2,1-2H3/t22-/m1/s1. The van der Waals surface area contributed by atoms with Gasteiger partial charge in [0.2, 0.25) is 0 Å². The molecule has 3 aromatic rings. The van der Waals surface area contributed by atoms with Crippen LogP contribution < -0.4 is 4.74 Å². The van der Waals surface area contributed by atoms with Crippen molar-refractivity contribution in [3.05, 3.63) is 101 Å². The largest absolute Gasteiger partial charge is 0.489 e. The molecule has 1 atom stereocenters. The number of hydrogen-bond donors (Lipinski definition) is 0. The Balaban J connectivity index is 1.75. The summed E-state index contributed by atoms with van der Waals surface area (Å²) in [5, 5.41) is 0.552. The maximum atomic E-state index is 13.0. The lowest BCUT2D eigenvalue weighted by molar-refractivity contribution is -0.240. The first kappa shape index (κ1) is 21.9. The zero-order valence-electron chi connectivity index (χ0n) is 17.8. The summed E-state index contributed by atoms with van der Waals surface area (Å²) in [5.74, 6) is -3.85. The van der Waals surface area contributed by atoms with E-state index >= 15 is 0 Å². The minimum atomic E-state index is -1.31. The number of esters is 2. The second-order valence-corrected chi connectivity index (χ2v) is 8.50. The normalized spacial score (nSPS) is 16.7. The molecule has 0 aromatic heterocycles. The zero-order chi connectivity index (χ0) is 22.7. The van der Waals surface area contributed by atoms with Crippen LogP contribution in [0, 0.1) is 5.92 Å². The molecule has 4 rings (SSSR count). The van der Waals surface area contributed by atoms with Gasteiger partial charge in [-0.3, -0.25) is 9.59 Å². The van der Waals surface area contributed by atoms with E-state index in [1.165, 1.54) is 13.8 Å². The average Bonchev–Trinajstić information content (AvgIpc) is 2.76. The van der Waals surface area contributed by atoms with Crippen molar-refractivity contribution in [2.75, 3.05) is 0 Å². The Morgan fingerprint density at radius 3 is 2.12 bits per heavy atom. The van der Waals surface area contributed by atoms with Crippen molar-refractivity contribution in [3.8, 4) is 5.75 Å². The third-order valence-corrected chi connectivity index (χ3v) is 5.51. The van der Waals surface area contributed by atoms with Crippen molar-refractivity contribution in [1.29, 1.82) is 0 Å². The quantitative estimate of drug-likeness (QED) is 0.366. The molecule has 3 aromatic carbocycles. The first-order valence-corrected chi connectivity index (χ1v) is 10.7. The third-order valence-electron chi connectivity index (χ3n) is 5.25. The molecule has 0 spiro atoms. The van der Waals surface area contributed by atoms with Crippen molar-refractivity contribution >= 4 is 23.5 Å². The Morgan fingerprint density at radius 2 is 1.47 bits per heavy atom. The Morgan fingerprint density at radius 1 is 0.875 bits per heavy atom. The van der Waals surface area contributed by atoms with E-state index in [9.17, 15) is 9.59 Å². The predicted molar refractivity (Wildman–Crippen MR) is 120 cm³/mol. The fourth-order valence-electron chi connectivity index (χ4n) is 3.83. The molecule has 0 saturated carbocycles. The lowest BCUT2D eigenvalue weighted by atomic mass is 9.79. The predicted octanol–water partition coefficient (Wildman–Crippen LogP) is 5.50. The van der Waals surface area contributed by atoms with Gasteiger partial charge in [0.15, 0.2) is 5.92 Å². The highest BCUT2D eigenvalue weighted by Gasteiger charge is 2.48. The van der Waals surface area contributed by atoms with Crippen LogP contribution in [0.3, 0.4) is 0 Å². The molecule has 0 unspecified atom stereocenters. The van der Waals surface area contributed by atoms with Crippen LogP contribution in [0.2, 0.25) is 5.02 Å². The van der Waals surface area contributed by atoms with Gasteiger partial charge in [0.1, 0.15) is 12.4 Å².